The molecule has 0 heterocycles. The second-order valence-corrected chi connectivity index (χ2v) is 10.6. The van der Waals surface area contributed by atoms with Gasteiger partial charge in [-0.05, 0) is 42.6 Å². The third-order valence-corrected chi connectivity index (χ3v) is 6.47. The summed E-state index contributed by atoms with van der Waals surface area (Å²) in [4.78, 5) is 40.2. The Morgan fingerprint density at radius 2 is 1.70 bits per heavy atom. The highest BCUT2D eigenvalue weighted by Gasteiger charge is 2.51. The van der Waals surface area contributed by atoms with E-state index in [0.717, 1.165) is 18.4 Å². The van der Waals surface area contributed by atoms with Crippen LogP contribution in [0.3, 0.4) is 0 Å². The number of carboxylic acids is 1. The maximum absolute atomic E-state index is 13.7. The minimum Gasteiger partial charge on any atom is -0.478 e. The fraction of sp³-hybridized carbons (Fsp3) is 0.577. The second-order valence-electron chi connectivity index (χ2n) is 10.6. The number of nitrogens with one attached hydrogen (secondary N) is 1. The van der Waals surface area contributed by atoms with E-state index in [0.29, 0.717) is 0 Å². The van der Waals surface area contributed by atoms with Gasteiger partial charge < -0.3 is 21.1 Å². The Morgan fingerprint density at radius 3 is 2.12 bits per heavy atom. The number of nitrogens with two attached hydrogens (primary N) is 1. The van der Waals surface area contributed by atoms with Crippen molar-refractivity contribution in [1.29, 1.82) is 0 Å². The first-order valence-electron chi connectivity index (χ1n) is 11.5. The molecule has 2 amide bonds. The molecule has 1 fully saturated rings. The van der Waals surface area contributed by atoms with Gasteiger partial charge in [0.2, 0.25) is 11.8 Å². The van der Waals surface area contributed by atoms with Gasteiger partial charge in [-0.2, -0.15) is 0 Å². The minimum atomic E-state index is -1.21. The first-order valence-corrected chi connectivity index (χ1v) is 11.5. The average Bonchev–Trinajstić information content (AvgIpc) is 3.59. The number of aliphatic carboxylic acids is 1. The third-order valence-electron chi connectivity index (χ3n) is 6.47. The Morgan fingerprint density at radius 1 is 1.15 bits per heavy atom. The van der Waals surface area contributed by atoms with Gasteiger partial charge in [-0.15, -0.1) is 0 Å². The van der Waals surface area contributed by atoms with Crippen molar-refractivity contribution in [3.8, 4) is 0 Å². The summed E-state index contributed by atoms with van der Waals surface area (Å²) in [5, 5.41) is 12.3. The quantitative estimate of drug-likeness (QED) is 0.493. The summed E-state index contributed by atoms with van der Waals surface area (Å²) in [5.74, 6) is -1.67. The Bertz CT molecular complexity index is 900. The molecule has 0 saturated heterocycles. The largest absolute Gasteiger partial charge is 0.478 e. The molecule has 1 aliphatic carbocycles. The van der Waals surface area contributed by atoms with E-state index in [1.54, 1.807) is 13.1 Å². The van der Waals surface area contributed by atoms with Crippen LogP contribution in [-0.2, 0) is 19.9 Å². The molecule has 33 heavy (non-hydrogen) atoms. The standard InChI is InChI=1S/C26H39N3O4/c1-16(2)20(15-17(3)23(31)32)29(7)22(30)21(25(4,5)6)28-24(33)26(27,19-13-14-19)18-11-9-8-10-12-18/h8-12,15-16,19-21H,13-14,27H2,1-7H3,(H,28,33)(H,31,32)/b17-15+. The first kappa shape index (κ1) is 26.6. The Kier molecular flexibility index (Phi) is 8.12. The van der Waals surface area contributed by atoms with Gasteiger partial charge in [0.05, 0.1) is 6.04 Å². The van der Waals surface area contributed by atoms with E-state index in [4.69, 9.17) is 5.73 Å². The number of benzene rings is 1. The van der Waals surface area contributed by atoms with Crippen LogP contribution in [0.4, 0.5) is 0 Å². The number of likely N-dealkylation sites (N-methyl/N-ethyl adjacent to an activating group) is 1. The normalized spacial score (nSPS) is 18.3. The number of carboxylic acid groups (broad SMARTS) is 1. The van der Waals surface area contributed by atoms with Crippen molar-refractivity contribution in [2.45, 2.75) is 72.0 Å². The molecular weight excluding hydrogens is 418 g/mol. The van der Waals surface area contributed by atoms with Crippen molar-refractivity contribution in [2.24, 2.45) is 23.0 Å². The minimum absolute atomic E-state index is 0.0195. The summed E-state index contributed by atoms with van der Waals surface area (Å²) in [5.41, 5.74) is 5.84. The molecule has 3 unspecified atom stereocenters. The molecule has 3 atom stereocenters. The number of hydrogen-bond donors (Lipinski definition) is 3. The van der Waals surface area contributed by atoms with Crippen molar-refractivity contribution in [3.05, 3.63) is 47.5 Å². The maximum atomic E-state index is 13.7. The molecule has 0 aliphatic heterocycles. The Labute approximate surface area is 197 Å². The number of carbonyl (C=O) groups is 3. The zero-order valence-corrected chi connectivity index (χ0v) is 20.9. The lowest BCUT2D eigenvalue weighted by Gasteiger charge is -2.39. The van der Waals surface area contributed by atoms with Crippen molar-refractivity contribution in [3.63, 3.8) is 0 Å². The molecule has 1 aromatic carbocycles. The first-order chi connectivity index (χ1) is 15.2. The van der Waals surface area contributed by atoms with Crippen LogP contribution in [0, 0.1) is 17.3 Å². The molecule has 1 aliphatic rings. The van der Waals surface area contributed by atoms with Crippen LogP contribution in [0.2, 0.25) is 0 Å². The lowest BCUT2D eigenvalue weighted by Crippen LogP contribution is -2.62. The van der Waals surface area contributed by atoms with E-state index in [2.05, 4.69) is 5.32 Å². The zero-order chi connectivity index (χ0) is 25.1. The molecule has 0 bridgehead atoms. The molecule has 4 N–H and O–H groups in total. The molecule has 182 valence electrons. The topological polar surface area (TPSA) is 113 Å². The molecule has 2 rings (SSSR count). The van der Waals surface area contributed by atoms with Crippen molar-refractivity contribution >= 4 is 17.8 Å². The fourth-order valence-corrected chi connectivity index (χ4v) is 4.13. The second kappa shape index (κ2) is 10.1. The fourth-order valence-electron chi connectivity index (χ4n) is 4.13. The van der Waals surface area contributed by atoms with Crippen molar-refractivity contribution < 1.29 is 19.5 Å². The molecule has 7 heteroatoms. The van der Waals surface area contributed by atoms with E-state index in [1.807, 2.05) is 65.0 Å². The predicted molar refractivity (Wildman–Crippen MR) is 129 cm³/mol. The summed E-state index contributed by atoms with van der Waals surface area (Å²) in [6, 6.07) is 8.03. The molecule has 1 saturated carbocycles. The van der Waals surface area contributed by atoms with Crippen LogP contribution in [-0.4, -0.2) is 46.9 Å². The molecular formula is C26H39N3O4. The van der Waals surface area contributed by atoms with Crippen LogP contribution < -0.4 is 11.1 Å². The predicted octanol–water partition coefficient (Wildman–Crippen LogP) is 3.30. The van der Waals surface area contributed by atoms with E-state index >= 15 is 0 Å². The SMILES string of the molecule is C/C(=C\C(C(C)C)N(C)C(=O)C(NC(=O)C(N)(c1ccccc1)C1CC1)C(C)(C)C)C(=O)O. The van der Waals surface area contributed by atoms with Crippen LogP contribution in [0.15, 0.2) is 42.0 Å². The van der Waals surface area contributed by atoms with E-state index in [1.165, 1.54) is 11.8 Å². The molecule has 7 nitrogen and oxygen atoms in total. The van der Waals surface area contributed by atoms with Crippen LogP contribution >= 0.6 is 0 Å². The summed E-state index contributed by atoms with van der Waals surface area (Å²) in [7, 11) is 1.65. The summed E-state index contributed by atoms with van der Waals surface area (Å²) in [6.07, 6.45) is 3.32. The summed E-state index contributed by atoms with van der Waals surface area (Å²) < 4.78 is 0. The number of amides is 2. The van der Waals surface area contributed by atoms with Crippen LogP contribution in [0.5, 0.6) is 0 Å². The molecule has 0 radical (unpaired) electrons. The zero-order valence-electron chi connectivity index (χ0n) is 20.9. The van der Waals surface area contributed by atoms with Crippen molar-refractivity contribution in [2.75, 3.05) is 7.05 Å². The van der Waals surface area contributed by atoms with Crippen molar-refractivity contribution in [1.82, 2.24) is 10.2 Å². The van der Waals surface area contributed by atoms with E-state index < -0.39 is 29.0 Å². The van der Waals surface area contributed by atoms with Gasteiger partial charge in [0.1, 0.15) is 11.6 Å². The number of hydrogen-bond acceptors (Lipinski definition) is 4. The molecule has 0 aromatic heterocycles. The number of nitrogens with zero attached hydrogens (tertiary/aromatic N) is 1. The van der Waals surface area contributed by atoms with Crippen LogP contribution in [0.1, 0.15) is 59.9 Å². The number of carbonyl (C=O) groups excluding carboxylic acids is 2. The molecule has 1 aromatic rings. The van der Waals surface area contributed by atoms with E-state index in [-0.39, 0.29) is 29.2 Å². The van der Waals surface area contributed by atoms with Gasteiger partial charge in [-0.25, -0.2) is 4.79 Å². The van der Waals surface area contributed by atoms with Gasteiger partial charge in [-0.3, -0.25) is 9.59 Å². The van der Waals surface area contributed by atoms with Gasteiger partial charge in [0.15, 0.2) is 0 Å². The maximum Gasteiger partial charge on any atom is 0.331 e. The Hall–Kier alpha value is -2.67. The summed E-state index contributed by atoms with van der Waals surface area (Å²) >= 11 is 0. The lowest BCUT2D eigenvalue weighted by atomic mass is 9.81. The third kappa shape index (κ3) is 6.02. The number of rotatable bonds is 9. The smallest absolute Gasteiger partial charge is 0.331 e. The highest BCUT2D eigenvalue weighted by Crippen LogP contribution is 2.44. The highest BCUT2D eigenvalue weighted by atomic mass is 16.4. The Balaban J connectivity index is 2.37. The monoisotopic (exact) mass is 457 g/mol. The summed E-state index contributed by atoms with van der Waals surface area (Å²) in [6.45, 7) is 11.0. The van der Waals surface area contributed by atoms with Gasteiger partial charge in [0.25, 0.3) is 0 Å². The van der Waals surface area contributed by atoms with E-state index in [9.17, 15) is 19.5 Å². The highest BCUT2D eigenvalue weighted by molar-refractivity contribution is 5.94. The lowest BCUT2D eigenvalue weighted by molar-refractivity contribution is -0.141. The van der Waals surface area contributed by atoms with Gasteiger partial charge >= 0.3 is 5.97 Å². The van der Waals surface area contributed by atoms with Crippen LogP contribution in [0.25, 0.3) is 0 Å². The molecule has 0 spiro atoms. The average molecular weight is 458 g/mol. The van der Waals surface area contributed by atoms with Gasteiger partial charge in [-0.1, -0.05) is 71.0 Å². The van der Waals surface area contributed by atoms with Gasteiger partial charge in [0, 0.05) is 12.6 Å².